The Bertz CT molecular complexity index is 817. The molecule has 1 fully saturated rings. The van der Waals surface area contributed by atoms with E-state index in [9.17, 15) is 39.6 Å². The fraction of sp³-hybridized carbons (Fsp3) is 0.971. The monoisotopic (exact) mass is 697 g/mol. The normalized spacial score (nSPS) is 23.1. The molecule has 0 bridgehead atoms. The zero-order valence-corrected chi connectivity index (χ0v) is 30.1. The van der Waals surface area contributed by atoms with Gasteiger partial charge in [-0.3, -0.25) is 9.32 Å². The number of ether oxygens (including phenoxy) is 2. The first-order valence-corrected chi connectivity index (χ1v) is 20.0. The molecule has 7 atom stereocenters. The van der Waals surface area contributed by atoms with Crippen LogP contribution >= 0.6 is 7.82 Å². The van der Waals surface area contributed by atoms with Crippen LogP contribution in [0, 0.1) is 0 Å². The van der Waals surface area contributed by atoms with Crippen molar-refractivity contribution in [1.29, 1.82) is 0 Å². The Balaban J connectivity index is 2.61. The number of rotatable bonds is 30. The lowest BCUT2D eigenvalue weighted by Gasteiger charge is -2.44. The zero-order valence-electron chi connectivity index (χ0n) is 29.2. The van der Waals surface area contributed by atoms with E-state index in [0.29, 0.717) is 12.8 Å². The van der Waals surface area contributed by atoms with Crippen LogP contribution in [0.25, 0.3) is 0 Å². The van der Waals surface area contributed by atoms with Crippen LogP contribution in [-0.4, -0.2) is 92.2 Å². The molecule has 0 unspecified atom stereocenters. The molecular formula is C34H68NO11P. The summed E-state index contributed by atoms with van der Waals surface area (Å²) in [5.74, 6) is -0.630. The van der Waals surface area contributed by atoms with Crippen molar-refractivity contribution in [3.05, 3.63) is 0 Å². The molecule has 0 spiro atoms. The van der Waals surface area contributed by atoms with Crippen LogP contribution in [0.1, 0.15) is 155 Å². The second kappa shape index (κ2) is 27.1. The SMILES string of the molecule is CCCCCCCCCCC[C@@H](O)CCO[C@H]1[C@H](O)[C@@H](CO)O[C@H](OP(=O)(O)O)[C@@H]1NC(=O)C[C@H](O)CCCCCCCCCCC. The minimum Gasteiger partial charge on any atom is -0.394 e. The first-order chi connectivity index (χ1) is 22.5. The van der Waals surface area contributed by atoms with E-state index in [1.165, 1.54) is 70.6 Å². The van der Waals surface area contributed by atoms with Gasteiger partial charge in [0.25, 0.3) is 0 Å². The van der Waals surface area contributed by atoms with Gasteiger partial charge in [0.2, 0.25) is 5.91 Å². The molecule has 0 saturated carbocycles. The van der Waals surface area contributed by atoms with Crippen molar-refractivity contribution >= 4 is 13.7 Å². The summed E-state index contributed by atoms with van der Waals surface area (Å²) >= 11 is 0. The summed E-state index contributed by atoms with van der Waals surface area (Å²) in [7, 11) is -5.11. The number of amides is 1. The lowest BCUT2D eigenvalue weighted by atomic mass is 9.96. The molecule has 1 rings (SSSR count). The summed E-state index contributed by atoms with van der Waals surface area (Å²) in [5.41, 5.74) is 0. The number of aliphatic hydroxyl groups excluding tert-OH is 4. The van der Waals surface area contributed by atoms with Gasteiger partial charge in [0, 0.05) is 6.61 Å². The second-order valence-corrected chi connectivity index (χ2v) is 14.5. The van der Waals surface area contributed by atoms with E-state index in [1.807, 2.05) is 0 Å². The minimum absolute atomic E-state index is 0.0191. The highest BCUT2D eigenvalue weighted by atomic mass is 31.2. The summed E-state index contributed by atoms with van der Waals surface area (Å²) in [4.78, 5) is 31.9. The smallest absolute Gasteiger partial charge is 0.394 e. The van der Waals surface area contributed by atoms with Gasteiger partial charge in [0.05, 0.1) is 25.2 Å². The van der Waals surface area contributed by atoms with Gasteiger partial charge in [-0.25, -0.2) is 4.57 Å². The maximum Gasteiger partial charge on any atom is 0.472 e. The van der Waals surface area contributed by atoms with Gasteiger partial charge < -0.3 is 45.0 Å². The zero-order chi connectivity index (χ0) is 34.9. The molecule has 0 aromatic rings. The van der Waals surface area contributed by atoms with Crippen molar-refractivity contribution < 1.29 is 53.6 Å². The Labute approximate surface area is 283 Å². The predicted octanol–water partition coefficient (Wildman–Crippen LogP) is 5.39. The van der Waals surface area contributed by atoms with E-state index >= 15 is 0 Å². The van der Waals surface area contributed by atoms with Crippen LogP contribution < -0.4 is 5.32 Å². The molecule has 12 nitrogen and oxygen atoms in total. The topological polar surface area (TPSA) is 195 Å². The molecule has 280 valence electrons. The van der Waals surface area contributed by atoms with Gasteiger partial charge in [-0.05, 0) is 19.3 Å². The van der Waals surface area contributed by atoms with Gasteiger partial charge in [0.1, 0.15) is 24.4 Å². The molecule has 0 radical (unpaired) electrons. The number of hydrogen-bond acceptors (Lipinski definition) is 9. The van der Waals surface area contributed by atoms with Crippen molar-refractivity contribution in [2.45, 2.75) is 198 Å². The van der Waals surface area contributed by atoms with E-state index < -0.39 is 63.2 Å². The maximum absolute atomic E-state index is 12.9. The number of aliphatic hydroxyl groups is 4. The summed E-state index contributed by atoms with van der Waals surface area (Å²) in [6, 6.07) is -1.36. The quantitative estimate of drug-likeness (QED) is 0.0376. The average molecular weight is 698 g/mol. The Kier molecular flexibility index (Phi) is 25.6. The number of unbranched alkanes of at least 4 members (excludes halogenated alkanes) is 16. The van der Waals surface area contributed by atoms with Gasteiger partial charge in [-0.2, -0.15) is 0 Å². The average Bonchev–Trinajstić information content (AvgIpc) is 3.01. The molecule has 1 aliphatic rings. The Hall–Kier alpha value is -0.660. The molecule has 1 heterocycles. The molecule has 1 saturated heterocycles. The van der Waals surface area contributed by atoms with E-state index in [-0.39, 0.29) is 19.4 Å². The first-order valence-electron chi connectivity index (χ1n) is 18.5. The number of carbonyl (C=O) groups excluding carboxylic acids is 1. The fourth-order valence-electron chi connectivity index (χ4n) is 6.07. The highest BCUT2D eigenvalue weighted by molar-refractivity contribution is 7.46. The third kappa shape index (κ3) is 21.9. The number of nitrogens with one attached hydrogen (secondary N) is 1. The van der Waals surface area contributed by atoms with E-state index in [2.05, 4.69) is 19.2 Å². The molecular weight excluding hydrogens is 629 g/mol. The number of phosphoric acid groups is 1. The highest BCUT2D eigenvalue weighted by Crippen LogP contribution is 2.41. The van der Waals surface area contributed by atoms with Gasteiger partial charge in [-0.1, -0.05) is 129 Å². The molecule has 47 heavy (non-hydrogen) atoms. The molecule has 0 aromatic carbocycles. The number of phosphoric ester groups is 1. The summed E-state index contributed by atoms with van der Waals surface area (Å²) in [5, 5.41) is 44.2. The minimum atomic E-state index is -5.11. The standard InChI is InChI=1S/C34H68NO11P/c1-3-5-7-9-11-13-15-17-19-21-27(37)23-24-44-33-31(34(46-47(41,42)43)45-29(26-36)32(33)40)35-30(39)25-28(38)22-20-18-16-14-12-10-8-6-4-2/h27-29,31-34,36-38,40H,3-26H2,1-2H3,(H,35,39)(H2,41,42,43)/t27-,28-,29-,31-,32-,33-,34-/m1/s1. The summed E-state index contributed by atoms with van der Waals surface area (Å²) in [6.07, 6.45) is 14.3. The van der Waals surface area contributed by atoms with Crippen LogP contribution in [0.3, 0.4) is 0 Å². The van der Waals surface area contributed by atoms with Crippen LogP contribution in [0.4, 0.5) is 0 Å². The third-order valence-corrected chi connectivity index (χ3v) is 9.37. The third-order valence-electron chi connectivity index (χ3n) is 8.89. The van der Waals surface area contributed by atoms with Crippen LogP contribution in [0.15, 0.2) is 0 Å². The van der Waals surface area contributed by atoms with E-state index in [0.717, 1.165) is 44.9 Å². The van der Waals surface area contributed by atoms with Crippen LogP contribution in [0.2, 0.25) is 0 Å². The largest absolute Gasteiger partial charge is 0.472 e. The molecule has 1 amide bonds. The predicted molar refractivity (Wildman–Crippen MR) is 181 cm³/mol. The molecule has 0 aliphatic carbocycles. The molecule has 1 aliphatic heterocycles. The lowest BCUT2D eigenvalue weighted by Crippen LogP contribution is -2.65. The van der Waals surface area contributed by atoms with E-state index in [1.54, 1.807) is 0 Å². The number of hydrogen-bond donors (Lipinski definition) is 7. The van der Waals surface area contributed by atoms with Crippen molar-refractivity contribution in [2.24, 2.45) is 0 Å². The Morgan fingerprint density at radius 1 is 0.766 bits per heavy atom. The van der Waals surface area contributed by atoms with Gasteiger partial charge >= 0.3 is 7.82 Å². The lowest BCUT2D eigenvalue weighted by molar-refractivity contribution is -0.257. The van der Waals surface area contributed by atoms with Crippen LogP contribution in [0.5, 0.6) is 0 Å². The summed E-state index contributed by atoms with van der Waals surface area (Å²) < 4.78 is 27.8. The fourth-order valence-corrected chi connectivity index (χ4v) is 6.52. The first kappa shape index (κ1) is 44.4. The van der Waals surface area contributed by atoms with Crippen molar-refractivity contribution in [2.75, 3.05) is 13.2 Å². The maximum atomic E-state index is 12.9. The number of carbonyl (C=O) groups is 1. The van der Waals surface area contributed by atoms with Crippen LogP contribution in [-0.2, 0) is 23.4 Å². The van der Waals surface area contributed by atoms with Crippen molar-refractivity contribution in [3.8, 4) is 0 Å². The Morgan fingerprint density at radius 3 is 1.70 bits per heavy atom. The highest BCUT2D eigenvalue weighted by Gasteiger charge is 2.49. The molecule has 13 heteroatoms. The Morgan fingerprint density at radius 2 is 1.23 bits per heavy atom. The van der Waals surface area contributed by atoms with E-state index in [4.69, 9.17) is 14.0 Å². The summed E-state index contributed by atoms with van der Waals surface area (Å²) in [6.45, 7) is 3.68. The van der Waals surface area contributed by atoms with Gasteiger partial charge in [-0.15, -0.1) is 0 Å². The van der Waals surface area contributed by atoms with Gasteiger partial charge in [0.15, 0.2) is 6.29 Å². The molecule has 7 N–H and O–H groups in total. The second-order valence-electron chi connectivity index (χ2n) is 13.3. The van der Waals surface area contributed by atoms with Crippen molar-refractivity contribution in [3.63, 3.8) is 0 Å². The van der Waals surface area contributed by atoms with Crippen molar-refractivity contribution in [1.82, 2.24) is 5.32 Å². The molecule has 0 aromatic heterocycles.